The van der Waals surface area contributed by atoms with Gasteiger partial charge < -0.3 is 14.2 Å². The van der Waals surface area contributed by atoms with E-state index in [-0.39, 0.29) is 12.8 Å². The highest BCUT2D eigenvalue weighted by molar-refractivity contribution is 7.07. The molecule has 150 valence electrons. The lowest BCUT2D eigenvalue weighted by Crippen LogP contribution is -2.16. The lowest BCUT2D eigenvalue weighted by molar-refractivity contribution is 0.174. The van der Waals surface area contributed by atoms with Crippen molar-refractivity contribution in [3.8, 4) is 28.5 Å². The number of aromatic nitrogens is 1. The second kappa shape index (κ2) is 8.13. The first-order valence-electron chi connectivity index (χ1n) is 9.39. The highest BCUT2D eigenvalue weighted by Crippen LogP contribution is 2.32. The van der Waals surface area contributed by atoms with Crippen LogP contribution in [0.5, 0.6) is 17.2 Å². The Morgan fingerprint density at radius 2 is 1.86 bits per heavy atom. The molecular formula is C22H23N3O3S. The predicted octanol–water partition coefficient (Wildman–Crippen LogP) is 4.54. The topological polar surface area (TPSA) is 57.3 Å². The summed E-state index contributed by atoms with van der Waals surface area (Å²) in [6, 6.07) is 14.0. The van der Waals surface area contributed by atoms with Crippen molar-refractivity contribution >= 4 is 17.0 Å². The highest BCUT2D eigenvalue weighted by Gasteiger charge is 2.15. The molecule has 4 rings (SSSR count). The van der Waals surface area contributed by atoms with Gasteiger partial charge in [0, 0.05) is 22.5 Å². The Morgan fingerprint density at radius 3 is 2.59 bits per heavy atom. The zero-order valence-corrected chi connectivity index (χ0v) is 17.7. The summed E-state index contributed by atoms with van der Waals surface area (Å²) in [6.45, 7) is 6.36. The number of hydrogen-bond donors (Lipinski definition) is 0. The highest BCUT2D eigenvalue weighted by atomic mass is 32.1. The molecule has 1 aromatic heterocycles. The lowest BCUT2D eigenvalue weighted by atomic mass is 10.1. The molecule has 1 aliphatic rings. The Labute approximate surface area is 173 Å². The molecule has 0 N–H and O–H groups in total. The molecule has 6 nitrogen and oxygen atoms in total. The number of nitrogens with zero attached hydrogens (tertiary/aromatic N) is 3. The molecule has 2 aromatic carbocycles. The molecule has 7 heteroatoms. The number of thiazole rings is 1. The summed E-state index contributed by atoms with van der Waals surface area (Å²) in [5.41, 5.74) is 3.87. The van der Waals surface area contributed by atoms with Crippen LogP contribution in [0.2, 0.25) is 0 Å². The standard InChI is InChI=1S/C22H23N3O3S/c1-14(2)23-22-25(19(12-29-22)16-5-8-18(26-4)9-6-16)24-15(3)17-7-10-20-21(11-17)28-13-27-20/h5-12,14H,13H2,1-4H3. The first-order chi connectivity index (χ1) is 14.0. The lowest BCUT2D eigenvalue weighted by Gasteiger charge is -2.08. The van der Waals surface area contributed by atoms with Crippen LogP contribution >= 0.6 is 11.3 Å². The summed E-state index contributed by atoms with van der Waals surface area (Å²) in [4.78, 5) is 5.60. The van der Waals surface area contributed by atoms with E-state index >= 15 is 0 Å². The van der Waals surface area contributed by atoms with Crippen molar-refractivity contribution in [2.75, 3.05) is 13.9 Å². The number of methoxy groups -OCH3 is 1. The largest absolute Gasteiger partial charge is 0.497 e. The van der Waals surface area contributed by atoms with Gasteiger partial charge in [-0.15, -0.1) is 11.3 Å². The molecule has 3 aromatic rings. The minimum absolute atomic E-state index is 0.171. The SMILES string of the molecule is COc1ccc(-c2csc(=NC(C)C)n2N=C(C)c2ccc3c(c2)OCO3)cc1. The average molecular weight is 410 g/mol. The second-order valence-electron chi connectivity index (χ2n) is 6.92. The van der Waals surface area contributed by atoms with E-state index in [4.69, 9.17) is 24.3 Å². The quantitative estimate of drug-likeness (QED) is 0.582. The van der Waals surface area contributed by atoms with Gasteiger partial charge >= 0.3 is 0 Å². The van der Waals surface area contributed by atoms with Crippen molar-refractivity contribution in [2.24, 2.45) is 10.1 Å². The van der Waals surface area contributed by atoms with Crippen LogP contribution < -0.4 is 19.0 Å². The maximum absolute atomic E-state index is 5.50. The molecule has 2 heterocycles. The molecule has 0 fully saturated rings. The molecule has 1 aliphatic heterocycles. The first kappa shape index (κ1) is 19.3. The predicted molar refractivity (Wildman–Crippen MR) is 115 cm³/mol. The first-order valence-corrected chi connectivity index (χ1v) is 10.3. The van der Waals surface area contributed by atoms with Gasteiger partial charge in [-0.25, -0.2) is 4.68 Å². The van der Waals surface area contributed by atoms with Crippen molar-refractivity contribution in [3.63, 3.8) is 0 Å². The van der Waals surface area contributed by atoms with Crippen LogP contribution in [-0.4, -0.2) is 30.3 Å². The summed E-state index contributed by atoms with van der Waals surface area (Å²) < 4.78 is 18.1. The minimum atomic E-state index is 0.171. The Kier molecular flexibility index (Phi) is 5.40. The van der Waals surface area contributed by atoms with E-state index in [1.165, 1.54) is 0 Å². The molecule has 0 saturated heterocycles. The van der Waals surface area contributed by atoms with E-state index in [0.29, 0.717) is 0 Å². The molecule has 0 radical (unpaired) electrons. The van der Waals surface area contributed by atoms with Crippen LogP contribution in [0.3, 0.4) is 0 Å². The van der Waals surface area contributed by atoms with Crippen LogP contribution in [-0.2, 0) is 0 Å². The molecule has 0 aliphatic carbocycles. The third-order valence-corrected chi connectivity index (χ3v) is 5.31. The monoisotopic (exact) mass is 409 g/mol. The van der Waals surface area contributed by atoms with Gasteiger partial charge in [0.15, 0.2) is 11.5 Å². The van der Waals surface area contributed by atoms with E-state index in [0.717, 1.165) is 44.6 Å². The van der Waals surface area contributed by atoms with Crippen molar-refractivity contribution < 1.29 is 14.2 Å². The molecule has 0 unspecified atom stereocenters. The molecule has 0 bridgehead atoms. The molecule has 29 heavy (non-hydrogen) atoms. The van der Waals surface area contributed by atoms with Crippen LogP contribution in [0, 0.1) is 0 Å². The summed E-state index contributed by atoms with van der Waals surface area (Å²) in [5, 5.41) is 6.99. The van der Waals surface area contributed by atoms with Gasteiger partial charge in [0.25, 0.3) is 0 Å². The zero-order valence-electron chi connectivity index (χ0n) is 16.9. The molecular weight excluding hydrogens is 386 g/mol. The van der Waals surface area contributed by atoms with Gasteiger partial charge in [0.1, 0.15) is 5.75 Å². The zero-order chi connectivity index (χ0) is 20.4. The Bertz CT molecular complexity index is 1110. The van der Waals surface area contributed by atoms with Crippen LogP contribution in [0.15, 0.2) is 57.9 Å². The summed E-state index contributed by atoms with van der Waals surface area (Å²) in [7, 11) is 1.67. The van der Waals surface area contributed by atoms with Crippen molar-refractivity contribution in [1.29, 1.82) is 0 Å². The van der Waals surface area contributed by atoms with Gasteiger partial charge in [-0.3, -0.25) is 4.99 Å². The average Bonchev–Trinajstić information content (AvgIpc) is 3.34. The van der Waals surface area contributed by atoms with Gasteiger partial charge in [0.05, 0.1) is 18.5 Å². The fourth-order valence-electron chi connectivity index (χ4n) is 3.00. The Hall–Kier alpha value is -3.06. The van der Waals surface area contributed by atoms with E-state index in [1.807, 2.05) is 54.1 Å². The number of ether oxygens (including phenoxy) is 3. The Balaban J connectivity index is 1.80. The molecule has 0 spiro atoms. The number of fused-ring (bicyclic) bond motifs is 1. The fraction of sp³-hybridized carbons (Fsp3) is 0.273. The van der Waals surface area contributed by atoms with Crippen LogP contribution in [0.4, 0.5) is 0 Å². The normalized spacial score (nSPS) is 14.0. The molecule has 0 saturated carbocycles. The van der Waals surface area contributed by atoms with E-state index in [2.05, 4.69) is 19.2 Å². The van der Waals surface area contributed by atoms with Gasteiger partial charge in [-0.05, 0) is 63.2 Å². The van der Waals surface area contributed by atoms with E-state index in [9.17, 15) is 0 Å². The third kappa shape index (κ3) is 4.05. The third-order valence-electron chi connectivity index (χ3n) is 4.48. The maximum Gasteiger partial charge on any atom is 0.231 e. The maximum atomic E-state index is 5.50. The van der Waals surface area contributed by atoms with Crippen LogP contribution in [0.25, 0.3) is 11.3 Å². The van der Waals surface area contributed by atoms with E-state index < -0.39 is 0 Å². The summed E-state index contributed by atoms with van der Waals surface area (Å²) in [6.07, 6.45) is 0. The van der Waals surface area contributed by atoms with Crippen molar-refractivity contribution in [1.82, 2.24) is 4.68 Å². The Morgan fingerprint density at radius 1 is 1.10 bits per heavy atom. The van der Waals surface area contributed by atoms with Crippen LogP contribution in [0.1, 0.15) is 26.3 Å². The van der Waals surface area contributed by atoms with Gasteiger partial charge in [0.2, 0.25) is 11.6 Å². The molecule has 0 atom stereocenters. The van der Waals surface area contributed by atoms with Gasteiger partial charge in [-0.1, -0.05) is 0 Å². The smallest absolute Gasteiger partial charge is 0.231 e. The second-order valence-corrected chi connectivity index (χ2v) is 7.76. The summed E-state index contributed by atoms with van der Waals surface area (Å²) in [5.74, 6) is 2.33. The number of benzene rings is 2. The van der Waals surface area contributed by atoms with Gasteiger partial charge in [-0.2, -0.15) is 5.10 Å². The molecule has 0 amide bonds. The van der Waals surface area contributed by atoms with Crippen molar-refractivity contribution in [3.05, 3.63) is 58.2 Å². The van der Waals surface area contributed by atoms with Crippen molar-refractivity contribution in [2.45, 2.75) is 26.8 Å². The number of hydrogen-bond acceptors (Lipinski definition) is 6. The van der Waals surface area contributed by atoms with E-state index in [1.54, 1.807) is 18.4 Å². The summed E-state index contributed by atoms with van der Waals surface area (Å²) >= 11 is 1.58. The fourth-order valence-corrected chi connectivity index (χ4v) is 3.96. The minimum Gasteiger partial charge on any atom is -0.497 e. The number of rotatable bonds is 5.